The largest absolute Gasteiger partial charge is 0.394 e. The van der Waals surface area contributed by atoms with Crippen LogP contribution in [0.5, 0.6) is 0 Å². The third-order valence-electron chi connectivity index (χ3n) is 0.970. The molecule has 0 aromatic rings. The van der Waals surface area contributed by atoms with Crippen LogP contribution in [0.15, 0.2) is 36.6 Å². The quantitative estimate of drug-likeness (QED) is 0.415. The van der Waals surface area contributed by atoms with Crippen molar-refractivity contribution in [1.29, 1.82) is 0 Å². The fourth-order valence-corrected chi connectivity index (χ4v) is 0.496. The molecule has 0 amide bonds. The highest BCUT2D eigenvalue weighted by Gasteiger charge is 1.63. The van der Waals surface area contributed by atoms with Gasteiger partial charge in [0, 0.05) is 13.1 Å². The second kappa shape index (κ2) is 8.69. The van der Waals surface area contributed by atoms with E-state index < -0.39 is 0 Å². The van der Waals surface area contributed by atoms with Crippen molar-refractivity contribution in [3.8, 4) is 0 Å². The van der Waals surface area contributed by atoms with Gasteiger partial charge in [-0.15, -0.1) is 0 Å². The maximum Gasteiger partial charge on any atom is 0.161 e. The van der Waals surface area contributed by atoms with Crippen LogP contribution < -0.4 is 10.3 Å². The van der Waals surface area contributed by atoms with Gasteiger partial charge >= 0.3 is 0 Å². The van der Waals surface area contributed by atoms with Gasteiger partial charge in [0.1, 0.15) is 7.05 Å². The lowest BCUT2D eigenvalue weighted by molar-refractivity contribution is -0.413. The Morgan fingerprint density at radius 2 is 1.64 bits per heavy atom. The van der Waals surface area contributed by atoms with E-state index >= 15 is 0 Å². The molecule has 2 nitrogen and oxygen atoms in total. The van der Waals surface area contributed by atoms with E-state index in [-0.39, 0.29) is 0 Å². The van der Waals surface area contributed by atoms with Gasteiger partial charge in [0.05, 0.1) is 0 Å². The van der Waals surface area contributed by atoms with E-state index in [1.165, 1.54) is 0 Å². The second-order valence-corrected chi connectivity index (χ2v) is 1.87. The first-order chi connectivity index (χ1) is 5.41. The van der Waals surface area contributed by atoms with Crippen LogP contribution >= 0.6 is 0 Å². The van der Waals surface area contributed by atoms with E-state index in [1.54, 1.807) is 0 Å². The standard InChI is InChI=1S/C9H14N2/c1-10-8-6-4-3-5-7-9-11-2/h3-10H,1-2H3/p+1. The third-order valence-corrected chi connectivity index (χ3v) is 0.970. The zero-order valence-corrected chi connectivity index (χ0v) is 7.04. The molecular formula is C9H15N2+. The molecule has 0 aromatic heterocycles. The summed E-state index contributed by atoms with van der Waals surface area (Å²) in [5.41, 5.74) is 0. The molecule has 0 heterocycles. The minimum Gasteiger partial charge on any atom is -0.394 e. The molecule has 0 atom stereocenters. The molecule has 11 heavy (non-hydrogen) atoms. The normalized spacial score (nSPS) is 12.9. The Morgan fingerprint density at radius 1 is 1.00 bits per heavy atom. The van der Waals surface area contributed by atoms with Crippen LogP contribution in [0, 0.1) is 0 Å². The van der Waals surface area contributed by atoms with Gasteiger partial charge in [-0.25, -0.2) is 0 Å². The lowest BCUT2D eigenvalue weighted by Crippen LogP contribution is -2.62. The minimum absolute atomic E-state index is 1.87. The number of allylic oxidation sites excluding steroid dienone is 5. The fourth-order valence-electron chi connectivity index (χ4n) is 0.496. The smallest absolute Gasteiger partial charge is 0.161 e. The summed E-state index contributed by atoms with van der Waals surface area (Å²) in [6.45, 7) is 0. The van der Waals surface area contributed by atoms with Crippen LogP contribution in [-0.2, 0) is 0 Å². The van der Waals surface area contributed by atoms with Crippen molar-refractivity contribution in [1.82, 2.24) is 5.32 Å². The minimum atomic E-state index is 1.87. The summed E-state index contributed by atoms with van der Waals surface area (Å²) < 4.78 is 0. The van der Waals surface area contributed by atoms with Crippen LogP contribution in [0.3, 0.4) is 0 Å². The SMILES string of the molecule is CNC=CC=CC=CC=[NH+]C. The number of rotatable bonds is 4. The number of nitrogens with one attached hydrogen (secondary N) is 2. The predicted octanol–water partition coefficient (Wildman–Crippen LogP) is -0.387. The Kier molecular flexibility index (Phi) is 7.66. The summed E-state index contributed by atoms with van der Waals surface area (Å²) in [4.78, 5) is 2.89. The monoisotopic (exact) mass is 151 g/mol. The first-order valence-corrected chi connectivity index (χ1v) is 3.58. The lowest BCUT2D eigenvalue weighted by Gasteiger charge is -1.78. The Morgan fingerprint density at radius 3 is 2.27 bits per heavy atom. The van der Waals surface area contributed by atoms with Crippen molar-refractivity contribution in [2.45, 2.75) is 0 Å². The molecule has 0 aliphatic carbocycles. The Hall–Kier alpha value is -1.31. The van der Waals surface area contributed by atoms with Gasteiger partial charge in [0.15, 0.2) is 6.21 Å². The average Bonchev–Trinajstić information content (AvgIpc) is 2.03. The van der Waals surface area contributed by atoms with E-state index in [0.29, 0.717) is 0 Å². The van der Waals surface area contributed by atoms with Crippen molar-refractivity contribution in [3.63, 3.8) is 0 Å². The van der Waals surface area contributed by atoms with Crippen LogP contribution in [0.2, 0.25) is 0 Å². The van der Waals surface area contributed by atoms with Crippen molar-refractivity contribution in [2.24, 2.45) is 0 Å². The molecule has 0 rings (SSSR count). The van der Waals surface area contributed by atoms with Crippen molar-refractivity contribution in [2.75, 3.05) is 14.1 Å². The molecule has 0 unspecified atom stereocenters. The van der Waals surface area contributed by atoms with Crippen LogP contribution in [0.1, 0.15) is 0 Å². The van der Waals surface area contributed by atoms with Gasteiger partial charge < -0.3 is 5.32 Å². The zero-order chi connectivity index (χ0) is 8.36. The Balaban J connectivity index is 3.51. The molecule has 2 N–H and O–H groups in total. The van der Waals surface area contributed by atoms with Crippen LogP contribution in [-0.4, -0.2) is 20.3 Å². The molecular weight excluding hydrogens is 136 g/mol. The number of hydrogen-bond acceptors (Lipinski definition) is 1. The topological polar surface area (TPSA) is 26.0 Å². The number of hydrogen-bond donors (Lipinski definition) is 2. The first kappa shape index (κ1) is 9.69. The van der Waals surface area contributed by atoms with Gasteiger partial charge in [-0.2, -0.15) is 0 Å². The van der Waals surface area contributed by atoms with E-state index in [9.17, 15) is 0 Å². The van der Waals surface area contributed by atoms with Gasteiger partial charge in [-0.05, 0) is 12.3 Å². The third kappa shape index (κ3) is 8.69. The molecule has 0 saturated heterocycles. The van der Waals surface area contributed by atoms with Crippen molar-refractivity contribution in [3.05, 3.63) is 36.6 Å². The summed E-state index contributed by atoms with van der Waals surface area (Å²) in [5.74, 6) is 0. The Labute approximate surface area is 68.0 Å². The molecule has 0 aromatic carbocycles. The molecule has 0 bridgehead atoms. The summed E-state index contributed by atoms with van der Waals surface area (Å²) in [7, 11) is 3.74. The fraction of sp³-hybridized carbons (Fsp3) is 0.222. The second-order valence-electron chi connectivity index (χ2n) is 1.87. The zero-order valence-electron chi connectivity index (χ0n) is 7.04. The first-order valence-electron chi connectivity index (χ1n) is 3.58. The lowest BCUT2D eigenvalue weighted by atomic mass is 10.4. The highest BCUT2D eigenvalue weighted by Crippen LogP contribution is 1.75. The molecule has 0 fully saturated rings. The molecule has 60 valence electrons. The van der Waals surface area contributed by atoms with Gasteiger partial charge in [0.25, 0.3) is 0 Å². The van der Waals surface area contributed by atoms with Crippen molar-refractivity contribution < 1.29 is 4.99 Å². The predicted molar refractivity (Wildman–Crippen MR) is 49.4 cm³/mol. The van der Waals surface area contributed by atoms with E-state index in [0.717, 1.165) is 0 Å². The summed E-state index contributed by atoms with van der Waals surface area (Å²) >= 11 is 0. The molecule has 0 radical (unpaired) electrons. The molecule has 0 aliphatic heterocycles. The van der Waals surface area contributed by atoms with Gasteiger partial charge in [0.2, 0.25) is 0 Å². The molecule has 2 heteroatoms. The highest BCUT2D eigenvalue weighted by molar-refractivity contribution is 5.65. The molecule has 0 aliphatic rings. The van der Waals surface area contributed by atoms with E-state index in [1.807, 2.05) is 56.9 Å². The van der Waals surface area contributed by atoms with E-state index in [2.05, 4.69) is 10.3 Å². The summed E-state index contributed by atoms with van der Waals surface area (Å²) in [5, 5.41) is 2.89. The summed E-state index contributed by atoms with van der Waals surface area (Å²) in [6, 6.07) is 0. The van der Waals surface area contributed by atoms with Gasteiger partial charge in [-0.1, -0.05) is 18.2 Å². The summed E-state index contributed by atoms with van der Waals surface area (Å²) in [6.07, 6.45) is 13.5. The van der Waals surface area contributed by atoms with Crippen LogP contribution in [0.25, 0.3) is 0 Å². The van der Waals surface area contributed by atoms with Crippen molar-refractivity contribution >= 4 is 6.21 Å². The molecule has 0 saturated carbocycles. The van der Waals surface area contributed by atoms with E-state index in [4.69, 9.17) is 0 Å². The average molecular weight is 151 g/mol. The molecule has 0 spiro atoms. The van der Waals surface area contributed by atoms with Gasteiger partial charge in [-0.3, -0.25) is 4.99 Å². The Bertz CT molecular complexity index is 176. The highest BCUT2D eigenvalue weighted by atomic mass is 14.8. The van der Waals surface area contributed by atoms with Crippen LogP contribution in [0.4, 0.5) is 0 Å². The maximum absolute atomic E-state index is 2.89. The maximum atomic E-state index is 2.89.